The third-order valence-corrected chi connectivity index (χ3v) is 10.5. The smallest absolute Gasteiger partial charge is 0.304 e. The van der Waals surface area contributed by atoms with E-state index in [4.69, 9.17) is 9.47 Å². The van der Waals surface area contributed by atoms with Gasteiger partial charge in [0.15, 0.2) is 0 Å². The summed E-state index contributed by atoms with van der Waals surface area (Å²) in [6, 6.07) is 20.2. The fourth-order valence-corrected chi connectivity index (χ4v) is 7.99. The van der Waals surface area contributed by atoms with E-state index in [9.17, 15) is 19.0 Å². The van der Waals surface area contributed by atoms with Gasteiger partial charge in [-0.1, -0.05) is 30.2 Å². The van der Waals surface area contributed by atoms with Crippen molar-refractivity contribution < 1.29 is 28.5 Å². The second-order valence-electron chi connectivity index (χ2n) is 10.8. The molecule has 1 unspecified atom stereocenters. The molecule has 0 aliphatic carbocycles. The third-order valence-electron chi connectivity index (χ3n) is 7.62. The van der Waals surface area contributed by atoms with Gasteiger partial charge in [-0.3, -0.25) is 13.9 Å². The van der Waals surface area contributed by atoms with Gasteiger partial charge >= 0.3 is 5.97 Å². The SMILES string of the molecule is CC#CC(CC(=O)O)c1ccc(OCc2ccc3sc(C)c(-c4ccc(OC5CCS(O)(O)CC5)cc4C)c3c2)cc1. The quantitative estimate of drug-likeness (QED) is 0.166. The molecule has 3 aromatic carbocycles. The first-order valence-corrected chi connectivity index (χ1v) is 16.7. The molecule has 1 saturated heterocycles. The van der Waals surface area contributed by atoms with E-state index in [0.717, 1.165) is 22.4 Å². The zero-order valence-electron chi connectivity index (χ0n) is 24.1. The minimum Gasteiger partial charge on any atom is -0.490 e. The molecule has 3 N–H and O–H groups in total. The van der Waals surface area contributed by atoms with E-state index in [1.807, 2.05) is 30.3 Å². The number of hydrogen-bond acceptors (Lipinski definition) is 6. The van der Waals surface area contributed by atoms with E-state index in [1.54, 1.807) is 18.3 Å². The van der Waals surface area contributed by atoms with Gasteiger partial charge in [0.1, 0.15) is 24.2 Å². The maximum atomic E-state index is 11.2. The molecule has 1 fully saturated rings. The Labute approximate surface area is 252 Å². The first-order valence-electron chi connectivity index (χ1n) is 14.0. The summed E-state index contributed by atoms with van der Waals surface area (Å²) >= 11 is 1.78. The highest BCUT2D eigenvalue weighted by Gasteiger charge is 2.25. The molecule has 1 aliphatic heterocycles. The van der Waals surface area contributed by atoms with Crippen molar-refractivity contribution in [3.8, 4) is 34.5 Å². The molecule has 0 spiro atoms. The Balaban J connectivity index is 1.30. The van der Waals surface area contributed by atoms with Gasteiger partial charge in [0.2, 0.25) is 0 Å². The summed E-state index contributed by atoms with van der Waals surface area (Å²) in [6.07, 6.45) is 1.29. The van der Waals surface area contributed by atoms with Gasteiger partial charge in [-0.2, -0.15) is 10.6 Å². The molecule has 4 aromatic rings. The summed E-state index contributed by atoms with van der Waals surface area (Å²) in [6.45, 7) is 6.39. The number of carbonyl (C=O) groups is 1. The molecule has 1 aromatic heterocycles. The first kappa shape index (κ1) is 30.0. The zero-order valence-corrected chi connectivity index (χ0v) is 25.7. The molecule has 220 valence electrons. The fourth-order valence-electron chi connectivity index (χ4n) is 5.44. The van der Waals surface area contributed by atoms with Gasteiger partial charge in [-0.25, -0.2) is 0 Å². The molecular formula is C34H36O6S2. The van der Waals surface area contributed by atoms with E-state index in [-0.39, 0.29) is 18.4 Å². The number of benzene rings is 3. The van der Waals surface area contributed by atoms with Crippen LogP contribution in [0.15, 0.2) is 60.7 Å². The van der Waals surface area contributed by atoms with Crippen molar-refractivity contribution in [3.05, 3.63) is 82.2 Å². The number of aliphatic carboxylic acids is 1. The van der Waals surface area contributed by atoms with E-state index in [2.05, 4.69) is 56.0 Å². The van der Waals surface area contributed by atoms with Crippen molar-refractivity contribution in [3.63, 3.8) is 0 Å². The van der Waals surface area contributed by atoms with Gasteiger partial charge in [0.05, 0.1) is 12.3 Å². The van der Waals surface area contributed by atoms with Crippen LogP contribution < -0.4 is 9.47 Å². The normalized spacial score (nSPS) is 16.3. The highest BCUT2D eigenvalue weighted by atomic mass is 32.3. The van der Waals surface area contributed by atoms with E-state index >= 15 is 0 Å². The molecule has 8 heteroatoms. The lowest BCUT2D eigenvalue weighted by molar-refractivity contribution is -0.137. The van der Waals surface area contributed by atoms with Gasteiger partial charge < -0.3 is 14.6 Å². The average molecular weight is 605 g/mol. The molecule has 5 rings (SSSR count). The van der Waals surface area contributed by atoms with Crippen LogP contribution in [0, 0.1) is 25.7 Å². The number of thiophene rings is 1. The van der Waals surface area contributed by atoms with Crippen molar-refractivity contribution in [2.75, 3.05) is 11.5 Å². The number of ether oxygens (including phenoxy) is 2. The number of fused-ring (bicyclic) bond motifs is 1. The van der Waals surface area contributed by atoms with Crippen molar-refractivity contribution >= 4 is 38.0 Å². The lowest BCUT2D eigenvalue weighted by atomic mass is 9.96. The van der Waals surface area contributed by atoms with Crippen LogP contribution in [0.4, 0.5) is 0 Å². The molecule has 6 nitrogen and oxygen atoms in total. The number of carboxylic acids is 1. The minimum atomic E-state index is -2.42. The Kier molecular flexibility index (Phi) is 9.14. The molecule has 0 amide bonds. The van der Waals surface area contributed by atoms with Crippen LogP contribution in [0.2, 0.25) is 0 Å². The van der Waals surface area contributed by atoms with Crippen LogP contribution in [-0.4, -0.2) is 37.8 Å². The predicted molar refractivity (Wildman–Crippen MR) is 172 cm³/mol. The van der Waals surface area contributed by atoms with Crippen LogP contribution in [0.25, 0.3) is 21.2 Å². The summed E-state index contributed by atoms with van der Waals surface area (Å²) in [7, 11) is -2.42. The third kappa shape index (κ3) is 7.11. The number of aryl methyl sites for hydroxylation is 2. The largest absolute Gasteiger partial charge is 0.490 e. The van der Waals surface area contributed by atoms with E-state index in [1.165, 1.54) is 26.1 Å². The van der Waals surface area contributed by atoms with Crippen LogP contribution in [0.5, 0.6) is 11.5 Å². The molecule has 2 heterocycles. The second kappa shape index (κ2) is 12.8. The van der Waals surface area contributed by atoms with Crippen LogP contribution in [0.3, 0.4) is 0 Å². The molecule has 42 heavy (non-hydrogen) atoms. The Morgan fingerprint density at radius 3 is 2.40 bits per heavy atom. The summed E-state index contributed by atoms with van der Waals surface area (Å²) < 4.78 is 33.3. The lowest BCUT2D eigenvalue weighted by Gasteiger charge is -2.39. The van der Waals surface area contributed by atoms with Gasteiger partial charge in [-0.15, -0.1) is 17.3 Å². The van der Waals surface area contributed by atoms with Crippen molar-refractivity contribution in [2.45, 2.75) is 58.7 Å². The van der Waals surface area contributed by atoms with E-state index < -0.39 is 16.6 Å². The molecule has 1 atom stereocenters. The Morgan fingerprint density at radius 1 is 1.02 bits per heavy atom. The number of hydrogen-bond donors (Lipinski definition) is 3. The Hall–Kier alpha value is -3.48. The van der Waals surface area contributed by atoms with Crippen LogP contribution in [-0.2, 0) is 11.4 Å². The van der Waals surface area contributed by atoms with Gasteiger partial charge in [-0.05, 0) is 79.4 Å². The van der Waals surface area contributed by atoms with Crippen molar-refractivity contribution in [1.82, 2.24) is 0 Å². The highest BCUT2D eigenvalue weighted by molar-refractivity contribution is 8.24. The first-order chi connectivity index (χ1) is 20.1. The van der Waals surface area contributed by atoms with E-state index in [0.29, 0.717) is 36.7 Å². The topological polar surface area (TPSA) is 96.2 Å². The Bertz CT molecular complexity index is 1630. The van der Waals surface area contributed by atoms with Gasteiger partial charge in [0.25, 0.3) is 0 Å². The predicted octanol–water partition coefficient (Wildman–Crippen LogP) is 8.64. The molecular weight excluding hydrogens is 569 g/mol. The maximum absolute atomic E-state index is 11.2. The molecule has 0 bridgehead atoms. The second-order valence-corrected chi connectivity index (χ2v) is 14.4. The van der Waals surface area contributed by atoms with Crippen molar-refractivity contribution in [2.24, 2.45) is 0 Å². The molecule has 0 saturated carbocycles. The van der Waals surface area contributed by atoms with Crippen LogP contribution >= 0.6 is 21.9 Å². The van der Waals surface area contributed by atoms with Gasteiger partial charge in [0, 0.05) is 44.9 Å². The summed E-state index contributed by atoms with van der Waals surface area (Å²) in [5, 5.41) is 10.4. The number of rotatable bonds is 9. The molecule has 0 radical (unpaired) electrons. The zero-order chi connectivity index (χ0) is 29.9. The standard InChI is InChI=1S/C34H36O6S2/c1-4-5-26(20-33(35)36)25-7-9-27(10-8-25)39-21-24-6-13-32-31(19-24)34(23(3)41-32)30-12-11-29(18-22(30)2)40-28-14-16-42(37,38)17-15-28/h6-13,18-19,26,28,37-38H,14-17,20-21H2,1-3H3,(H,35,36). The maximum Gasteiger partial charge on any atom is 0.304 e. The average Bonchev–Trinajstić information content (AvgIpc) is 3.28. The summed E-state index contributed by atoms with van der Waals surface area (Å²) in [5.41, 5.74) is 5.45. The fraction of sp³-hybridized carbons (Fsp3) is 0.324. The summed E-state index contributed by atoms with van der Waals surface area (Å²) in [5.74, 6) is 6.94. The number of carboxylic acid groups (broad SMARTS) is 1. The monoisotopic (exact) mass is 604 g/mol. The summed E-state index contributed by atoms with van der Waals surface area (Å²) in [4.78, 5) is 12.5. The minimum absolute atomic E-state index is 0.00818. The van der Waals surface area contributed by atoms with Crippen LogP contribution in [0.1, 0.15) is 53.7 Å². The Morgan fingerprint density at radius 2 is 1.74 bits per heavy atom. The van der Waals surface area contributed by atoms with Crippen molar-refractivity contribution in [1.29, 1.82) is 0 Å². The highest BCUT2D eigenvalue weighted by Crippen LogP contribution is 2.45. The lowest BCUT2D eigenvalue weighted by Crippen LogP contribution is -2.28. The molecule has 1 aliphatic rings.